The molecule has 1 N–H and O–H groups in total. The normalized spacial score (nSPS) is 14.4. The van der Waals surface area contributed by atoms with Gasteiger partial charge in [-0.25, -0.2) is 0 Å². The summed E-state index contributed by atoms with van der Waals surface area (Å²) in [6.07, 6.45) is 0. The minimum atomic E-state index is -0.317. The van der Waals surface area contributed by atoms with Gasteiger partial charge in [-0.2, -0.15) is 0 Å². The van der Waals surface area contributed by atoms with Crippen LogP contribution < -0.4 is 10.1 Å². The average Bonchev–Trinajstić information content (AvgIpc) is 3.15. The quantitative estimate of drug-likeness (QED) is 0.622. The number of carbonyl (C=O) groups excluding carboxylic acids is 1. The Hall–Kier alpha value is -3.16. The van der Waals surface area contributed by atoms with E-state index in [2.05, 4.69) is 21.4 Å². The highest BCUT2D eigenvalue weighted by molar-refractivity contribution is 6.03. The number of amides is 1. The van der Waals surface area contributed by atoms with Gasteiger partial charge in [-0.3, -0.25) is 9.69 Å². The Morgan fingerprint density at radius 2 is 1.90 bits per heavy atom. The Kier molecular flexibility index (Phi) is 6.64. The zero-order valence-corrected chi connectivity index (χ0v) is 17.9. The summed E-state index contributed by atoms with van der Waals surface area (Å²) < 4.78 is 16.5. The number of benzene rings is 2. The SMILES string of the molecule is Cc1ccc(OCc2c(C(=O)Nc3cccc(CN4CCOCC4)c3)noc2C)cc1. The summed E-state index contributed by atoms with van der Waals surface area (Å²) in [5, 5.41) is 6.90. The molecule has 1 fully saturated rings. The topological polar surface area (TPSA) is 76.8 Å². The summed E-state index contributed by atoms with van der Waals surface area (Å²) in [6, 6.07) is 15.6. The number of aromatic nitrogens is 1. The third-order valence-electron chi connectivity index (χ3n) is 5.30. The number of nitrogens with one attached hydrogen (secondary N) is 1. The molecule has 0 atom stereocenters. The lowest BCUT2D eigenvalue weighted by Gasteiger charge is -2.26. The lowest BCUT2D eigenvalue weighted by atomic mass is 10.1. The molecule has 7 nitrogen and oxygen atoms in total. The number of hydrogen-bond acceptors (Lipinski definition) is 6. The van der Waals surface area contributed by atoms with E-state index in [0.717, 1.165) is 55.4 Å². The van der Waals surface area contributed by atoms with Crippen LogP contribution in [0.3, 0.4) is 0 Å². The summed E-state index contributed by atoms with van der Waals surface area (Å²) in [4.78, 5) is 15.2. The molecule has 1 aliphatic rings. The van der Waals surface area contributed by atoms with E-state index in [1.165, 1.54) is 0 Å². The second kappa shape index (κ2) is 9.76. The van der Waals surface area contributed by atoms with E-state index in [0.29, 0.717) is 11.3 Å². The van der Waals surface area contributed by atoms with Crippen LogP contribution in [0.4, 0.5) is 5.69 Å². The van der Waals surface area contributed by atoms with Crippen LogP contribution in [-0.4, -0.2) is 42.3 Å². The van der Waals surface area contributed by atoms with Gasteiger partial charge in [0, 0.05) is 25.3 Å². The fourth-order valence-corrected chi connectivity index (χ4v) is 3.48. The van der Waals surface area contributed by atoms with Crippen molar-refractivity contribution in [3.8, 4) is 5.75 Å². The predicted molar refractivity (Wildman–Crippen MR) is 117 cm³/mol. The fourth-order valence-electron chi connectivity index (χ4n) is 3.48. The van der Waals surface area contributed by atoms with Gasteiger partial charge in [-0.15, -0.1) is 0 Å². The highest BCUT2D eigenvalue weighted by atomic mass is 16.5. The standard InChI is InChI=1S/C24H27N3O4/c1-17-6-8-21(9-7-17)30-16-22-18(2)31-26-23(22)24(28)25-20-5-3-4-19(14-20)15-27-10-12-29-13-11-27/h3-9,14H,10-13,15-16H2,1-2H3,(H,25,28). The number of nitrogens with zero attached hydrogens (tertiary/aromatic N) is 2. The Morgan fingerprint density at radius 1 is 1.13 bits per heavy atom. The first kappa shape index (κ1) is 21.1. The molecule has 31 heavy (non-hydrogen) atoms. The highest BCUT2D eigenvalue weighted by Gasteiger charge is 2.21. The van der Waals surface area contributed by atoms with Crippen LogP contribution >= 0.6 is 0 Å². The first-order valence-electron chi connectivity index (χ1n) is 10.4. The molecule has 2 aromatic carbocycles. The van der Waals surface area contributed by atoms with Crippen LogP contribution in [0.1, 0.15) is 32.9 Å². The number of carbonyl (C=O) groups is 1. The maximum Gasteiger partial charge on any atom is 0.278 e. The van der Waals surface area contributed by atoms with Crippen molar-refractivity contribution in [2.45, 2.75) is 27.0 Å². The van der Waals surface area contributed by atoms with E-state index in [-0.39, 0.29) is 18.2 Å². The molecular weight excluding hydrogens is 394 g/mol. The van der Waals surface area contributed by atoms with Gasteiger partial charge in [-0.1, -0.05) is 35.0 Å². The van der Waals surface area contributed by atoms with Gasteiger partial charge in [-0.05, 0) is 43.7 Å². The van der Waals surface area contributed by atoms with Crippen LogP contribution in [0.5, 0.6) is 5.75 Å². The number of hydrogen-bond donors (Lipinski definition) is 1. The molecule has 2 heterocycles. The maximum atomic E-state index is 12.9. The number of aryl methyl sites for hydroxylation is 2. The summed E-state index contributed by atoms with van der Waals surface area (Å²) in [6.45, 7) is 8.18. The number of rotatable bonds is 7. The molecular formula is C24H27N3O4. The molecule has 0 radical (unpaired) electrons. The number of morpholine rings is 1. The van der Waals surface area contributed by atoms with E-state index in [1.807, 2.05) is 49.4 Å². The largest absolute Gasteiger partial charge is 0.489 e. The molecule has 1 amide bonds. The zero-order chi connectivity index (χ0) is 21.6. The van der Waals surface area contributed by atoms with Crippen molar-refractivity contribution in [3.63, 3.8) is 0 Å². The monoisotopic (exact) mass is 421 g/mol. The van der Waals surface area contributed by atoms with Crippen molar-refractivity contribution in [1.82, 2.24) is 10.1 Å². The Labute approximate surface area is 181 Å². The van der Waals surface area contributed by atoms with Crippen molar-refractivity contribution in [3.05, 3.63) is 76.7 Å². The molecule has 0 spiro atoms. The van der Waals surface area contributed by atoms with Crippen molar-refractivity contribution in [2.75, 3.05) is 31.6 Å². The van der Waals surface area contributed by atoms with E-state index in [4.69, 9.17) is 14.0 Å². The van der Waals surface area contributed by atoms with Crippen molar-refractivity contribution < 1.29 is 18.8 Å². The van der Waals surface area contributed by atoms with E-state index in [9.17, 15) is 4.79 Å². The van der Waals surface area contributed by atoms with Gasteiger partial charge >= 0.3 is 0 Å². The summed E-state index contributed by atoms with van der Waals surface area (Å²) in [5.41, 5.74) is 3.90. The molecule has 0 bridgehead atoms. The smallest absolute Gasteiger partial charge is 0.278 e. The van der Waals surface area contributed by atoms with Crippen molar-refractivity contribution in [2.24, 2.45) is 0 Å². The van der Waals surface area contributed by atoms with Gasteiger partial charge in [0.25, 0.3) is 5.91 Å². The molecule has 4 rings (SSSR count). The molecule has 3 aromatic rings. The average molecular weight is 421 g/mol. The molecule has 162 valence electrons. The van der Waals surface area contributed by atoms with E-state index >= 15 is 0 Å². The molecule has 1 saturated heterocycles. The van der Waals surface area contributed by atoms with Crippen LogP contribution in [0.15, 0.2) is 53.1 Å². The van der Waals surface area contributed by atoms with Crippen LogP contribution in [0.25, 0.3) is 0 Å². The number of anilines is 1. The Bertz CT molecular complexity index is 1020. The molecule has 1 aliphatic heterocycles. The predicted octanol–water partition coefficient (Wildman–Crippen LogP) is 3.95. The molecule has 0 unspecified atom stereocenters. The van der Waals surface area contributed by atoms with E-state index in [1.54, 1.807) is 6.92 Å². The van der Waals surface area contributed by atoms with Crippen molar-refractivity contribution >= 4 is 11.6 Å². The Balaban J connectivity index is 1.41. The minimum absolute atomic E-state index is 0.207. The molecule has 1 aromatic heterocycles. The van der Waals surface area contributed by atoms with Gasteiger partial charge in [0.1, 0.15) is 18.1 Å². The van der Waals surface area contributed by atoms with Gasteiger partial charge in [0.2, 0.25) is 0 Å². The van der Waals surface area contributed by atoms with E-state index < -0.39 is 0 Å². The second-order valence-electron chi connectivity index (χ2n) is 7.71. The lowest BCUT2D eigenvalue weighted by molar-refractivity contribution is 0.0342. The van der Waals surface area contributed by atoms with Gasteiger partial charge in [0.05, 0.1) is 18.8 Å². The minimum Gasteiger partial charge on any atom is -0.489 e. The van der Waals surface area contributed by atoms with Gasteiger partial charge in [0.15, 0.2) is 5.69 Å². The molecule has 7 heteroatoms. The second-order valence-corrected chi connectivity index (χ2v) is 7.71. The van der Waals surface area contributed by atoms with Crippen LogP contribution in [0.2, 0.25) is 0 Å². The lowest BCUT2D eigenvalue weighted by Crippen LogP contribution is -2.35. The van der Waals surface area contributed by atoms with Gasteiger partial charge < -0.3 is 19.3 Å². The first-order chi connectivity index (χ1) is 15.1. The number of ether oxygens (including phenoxy) is 2. The molecule has 0 aliphatic carbocycles. The van der Waals surface area contributed by atoms with Crippen LogP contribution in [0, 0.1) is 13.8 Å². The summed E-state index contributed by atoms with van der Waals surface area (Å²) in [5.74, 6) is 0.981. The summed E-state index contributed by atoms with van der Waals surface area (Å²) in [7, 11) is 0. The third kappa shape index (κ3) is 5.51. The zero-order valence-electron chi connectivity index (χ0n) is 17.9. The Morgan fingerprint density at radius 3 is 2.68 bits per heavy atom. The van der Waals surface area contributed by atoms with Crippen LogP contribution in [-0.2, 0) is 17.9 Å². The van der Waals surface area contributed by atoms with Crippen molar-refractivity contribution in [1.29, 1.82) is 0 Å². The third-order valence-corrected chi connectivity index (χ3v) is 5.30. The highest BCUT2D eigenvalue weighted by Crippen LogP contribution is 2.20. The maximum absolute atomic E-state index is 12.9. The summed E-state index contributed by atoms with van der Waals surface area (Å²) >= 11 is 0. The molecule has 0 saturated carbocycles. The fraction of sp³-hybridized carbons (Fsp3) is 0.333. The first-order valence-corrected chi connectivity index (χ1v) is 10.4.